The minimum absolute atomic E-state index is 0.133. The maximum atomic E-state index is 12.1. The van der Waals surface area contributed by atoms with Gasteiger partial charge >= 0.3 is 0 Å². The van der Waals surface area contributed by atoms with Crippen LogP contribution in [0.5, 0.6) is 5.75 Å². The van der Waals surface area contributed by atoms with E-state index < -0.39 is 0 Å². The first-order valence-electron chi connectivity index (χ1n) is 8.86. The fourth-order valence-corrected chi connectivity index (χ4v) is 2.86. The van der Waals surface area contributed by atoms with E-state index in [2.05, 4.69) is 22.8 Å². The van der Waals surface area contributed by atoms with Crippen LogP contribution in [0.4, 0.5) is 11.4 Å². The second kappa shape index (κ2) is 10.0. The highest BCUT2D eigenvalue weighted by Gasteiger charge is 2.05. The van der Waals surface area contributed by atoms with Gasteiger partial charge in [0.15, 0.2) is 0 Å². The number of rotatable bonds is 8. The van der Waals surface area contributed by atoms with Gasteiger partial charge in [-0.05, 0) is 48.0 Å². The van der Waals surface area contributed by atoms with Crippen molar-refractivity contribution in [1.82, 2.24) is 0 Å². The molecule has 3 aromatic rings. The molecule has 4 nitrogen and oxygen atoms in total. The fourth-order valence-electron chi connectivity index (χ4n) is 2.56. The summed E-state index contributed by atoms with van der Waals surface area (Å²) in [6.07, 6.45) is 0.857. The van der Waals surface area contributed by atoms with Gasteiger partial charge in [-0.2, -0.15) is 0 Å². The average Bonchev–Trinajstić information content (AvgIpc) is 2.71. The summed E-state index contributed by atoms with van der Waals surface area (Å²) in [5.74, 6) is 0.614. The van der Waals surface area contributed by atoms with Crippen LogP contribution in [0, 0.1) is 0 Å². The Morgan fingerprint density at radius 2 is 1.57 bits per heavy atom. The Labute approximate surface area is 174 Å². The number of halogens is 2. The first-order valence-corrected chi connectivity index (χ1v) is 9.61. The zero-order valence-corrected chi connectivity index (χ0v) is 16.6. The lowest BCUT2D eigenvalue weighted by Gasteiger charge is -2.10. The van der Waals surface area contributed by atoms with E-state index in [1.807, 2.05) is 42.5 Å². The molecule has 6 heteroatoms. The van der Waals surface area contributed by atoms with Crippen molar-refractivity contribution in [3.63, 3.8) is 0 Å². The van der Waals surface area contributed by atoms with Crippen LogP contribution in [0.3, 0.4) is 0 Å². The van der Waals surface area contributed by atoms with Gasteiger partial charge in [0.25, 0.3) is 0 Å². The molecule has 0 radical (unpaired) electrons. The number of nitrogens with one attached hydrogen (secondary N) is 2. The summed E-state index contributed by atoms with van der Waals surface area (Å²) in [6, 6.07) is 22.7. The van der Waals surface area contributed by atoms with Gasteiger partial charge in [0.05, 0.1) is 23.2 Å². The largest absolute Gasteiger partial charge is 0.493 e. The predicted octanol–water partition coefficient (Wildman–Crippen LogP) is 5.67. The van der Waals surface area contributed by atoms with Gasteiger partial charge in [-0.15, -0.1) is 0 Å². The topological polar surface area (TPSA) is 50.4 Å². The summed E-state index contributed by atoms with van der Waals surface area (Å²) in [5, 5.41) is 6.69. The summed E-state index contributed by atoms with van der Waals surface area (Å²) < 4.78 is 5.76. The third-order valence-corrected chi connectivity index (χ3v) is 4.75. The van der Waals surface area contributed by atoms with E-state index in [0.29, 0.717) is 22.3 Å². The lowest BCUT2D eigenvalue weighted by Crippen LogP contribution is -2.21. The maximum Gasteiger partial charge on any atom is 0.243 e. The Kier molecular flexibility index (Phi) is 7.18. The molecule has 0 unspecified atom stereocenters. The number of carbonyl (C=O) groups is 1. The summed E-state index contributed by atoms with van der Waals surface area (Å²) in [5.41, 5.74) is 2.68. The van der Waals surface area contributed by atoms with Gasteiger partial charge < -0.3 is 15.4 Å². The maximum absolute atomic E-state index is 12.1. The number of ether oxygens (including phenoxy) is 1. The molecule has 0 aliphatic carbocycles. The SMILES string of the molecule is O=C(CNc1ccc(OCCc2ccccc2)cc1)Nc1ccc(Cl)c(Cl)c1. The van der Waals surface area contributed by atoms with E-state index in [1.54, 1.807) is 18.2 Å². The van der Waals surface area contributed by atoms with Crippen LogP contribution in [0.1, 0.15) is 5.56 Å². The van der Waals surface area contributed by atoms with Crippen LogP contribution in [0.2, 0.25) is 10.0 Å². The van der Waals surface area contributed by atoms with Crippen molar-refractivity contribution in [2.24, 2.45) is 0 Å². The smallest absolute Gasteiger partial charge is 0.243 e. The molecule has 2 N–H and O–H groups in total. The van der Waals surface area contributed by atoms with Gasteiger partial charge in [0.2, 0.25) is 5.91 Å². The third-order valence-electron chi connectivity index (χ3n) is 4.01. The van der Waals surface area contributed by atoms with Crippen LogP contribution in [-0.2, 0) is 11.2 Å². The second-order valence-corrected chi connectivity index (χ2v) is 6.95. The fraction of sp³-hybridized carbons (Fsp3) is 0.136. The van der Waals surface area contributed by atoms with Crippen molar-refractivity contribution in [2.75, 3.05) is 23.8 Å². The van der Waals surface area contributed by atoms with E-state index in [-0.39, 0.29) is 12.5 Å². The van der Waals surface area contributed by atoms with Gasteiger partial charge in [-0.25, -0.2) is 0 Å². The molecule has 0 heterocycles. The summed E-state index contributed by atoms with van der Waals surface area (Å²) in [6.45, 7) is 0.747. The van der Waals surface area contributed by atoms with Crippen molar-refractivity contribution >= 4 is 40.5 Å². The van der Waals surface area contributed by atoms with Crippen molar-refractivity contribution in [3.05, 3.63) is 88.4 Å². The van der Waals surface area contributed by atoms with E-state index >= 15 is 0 Å². The Balaban J connectivity index is 1.42. The number of carbonyl (C=O) groups excluding carboxylic acids is 1. The van der Waals surface area contributed by atoms with Gasteiger partial charge in [0, 0.05) is 17.8 Å². The minimum atomic E-state index is -0.179. The van der Waals surface area contributed by atoms with Crippen LogP contribution >= 0.6 is 23.2 Å². The van der Waals surface area contributed by atoms with Crippen LogP contribution < -0.4 is 15.4 Å². The highest BCUT2D eigenvalue weighted by molar-refractivity contribution is 6.42. The van der Waals surface area contributed by atoms with E-state index in [1.165, 1.54) is 5.56 Å². The molecule has 0 saturated heterocycles. The van der Waals surface area contributed by atoms with Crippen LogP contribution in [0.25, 0.3) is 0 Å². The summed E-state index contributed by atoms with van der Waals surface area (Å²) in [7, 11) is 0. The van der Waals surface area contributed by atoms with Gasteiger partial charge in [-0.1, -0.05) is 53.5 Å². The van der Waals surface area contributed by atoms with Crippen molar-refractivity contribution in [2.45, 2.75) is 6.42 Å². The Hall–Kier alpha value is -2.69. The first-order chi connectivity index (χ1) is 13.6. The lowest BCUT2D eigenvalue weighted by molar-refractivity contribution is -0.114. The number of hydrogen-bond acceptors (Lipinski definition) is 3. The minimum Gasteiger partial charge on any atom is -0.493 e. The van der Waals surface area contributed by atoms with Crippen molar-refractivity contribution in [1.29, 1.82) is 0 Å². The van der Waals surface area contributed by atoms with E-state index in [0.717, 1.165) is 17.9 Å². The Morgan fingerprint density at radius 1 is 0.857 bits per heavy atom. The van der Waals surface area contributed by atoms with Crippen molar-refractivity contribution < 1.29 is 9.53 Å². The zero-order valence-electron chi connectivity index (χ0n) is 15.1. The highest BCUT2D eigenvalue weighted by Crippen LogP contribution is 2.25. The first kappa shape index (κ1) is 20.1. The van der Waals surface area contributed by atoms with E-state index in [9.17, 15) is 4.79 Å². The molecule has 0 spiro atoms. The molecule has 0 atom stereocenters. The van der Waals surface area contributed by atoms with E-state index in [4.69, 9.17) is 27.9 Å². The zero-order chi connectivity index (χ0) is 19.8. The van der Waals surface area contributed by atoms with Gasteiger partial charge in [0.1, 0.15) is 5.75 Å². The molecular formula is C22H20Cl2N2O2. The average molecular weight is 415 g/mol. The molecule has 0 aliphatic rings. The molecule has 0 bridgehead atoms. The lowest BCUT2D eigenvalue weighted by atomic mass is 10.2. The number of amides is 1. The molecule has 3 aromatic carbocycles. The number of hydrogen-bond donors (Lipinski definition) is 2. The normalized spacial score (nSPS) is 10.4. The standard InChI is InChI=1S/C22H20Cl2N2O2/c23-20-11-8-18(14-21(20)24)26-22(27)15-25-17-6-9-19(10-7-17)28-13-12-16-4-2-1-3-5-16/h1-11,14,25H,12-13,15H2,(H,26,27). The third kappa shape index (κ3) is 6.19. The quantitative estimate of drug-likeness (QED) is 0.499. The molecule has 3 rings (SSSR count). The van der Waals surface area contributed by atoms with Crippen molar-refractivity contribution in [3.8, 4) is 5.75 Å². The molecule has 1 amide bonds. The molecule has 0 saturated carbocycles. The molecule has 0 aliphatic heterocycles. The van der Waals surface area contributed by atoms with Crippen LogP contribution in [0.15, 0.2) is 72.8 Å². The molecule has 28 heavy (non-hydrogen) atoms. The van der Waals surface area contributed by atoms with Crippen LogP contribution in [-0.4, -0.2) is 19.1 Å². The Bertz CT molecular complexity index is 916. The molecule has 0 fully saturated rings. The Morgan fingerprint density at radius 3 is 2.29 bits per heavy atom. The summed E-state index contributed by atoms with van der Waals surface area (Å²) >= 11 is 11.8. The molecule has 144 valence electrons. The number of anilines is 2. The monoisotopic (exact) mass is 414 g/mol. The molecule has 0 aromatic heterocycles. The highest BCUT2D eigenvalue weighted by atomic mass is 35.5. The predicted molar refractivity (Wildman–Crippen MR) is 116 cm³/mol. The summed E-state index contributed by atoms with van der Waals surface area (Å²) in [4.78, 5) is 12.1. The molecular weight excluding hydrogens is 395 g/mol. The number of benzene rings is 3. The second-order valence-electron chi connectivity index (χ2n) is 6.14. The van der Waals surface area contributed by atoms with Gasteiger partial charge in [-0.3, -0.25) is 4.79 Å².